The third-order valence-electron chi connectivity index (χ3n) is 5.59. The SMILES string of the molecule is Cc1cc(Br)c(OCC(O)CN2C[C@@H]3C[C@H](C2)c2cccc(=O)n2C3)c(Br)c1. The average molecular weight is 512 g/mol. The van der Waals surface area contributed by atoms with Gasteiger partial charge in [-0.3, -0.25) is 9.69 Å². The van der Waals surface area contributed by atoms with Crippen LogP contribution in [0.5, 0.6) is 5.75 Å². The second kappa shape index (κ2) is 8.30. The number of aromatic nitrogens is 1. The molecule has 2 aliphatic heterocycles. The van der Waals surface area contributed by atoms with Gasteiger partial charge >= 0.3 is 0 Å². The molecule has 1 saturated heterocycles. The average Bonchev–Trinajstić information content (AvgIpc) is 2.61. The normalized spacial score (nSPS) is 22.6. The van der Waals surface area contributed by atoms with Gasteiger partial charge in [0.05, 0.1) is 8.95 Å². The number of rotatable bonds is 5. The summed E-state index contributed by atoms with van der Waals surface area (Å²) in [7, 11) is 0. The Balaban J connectivity index is 1.37. The van der Waals surface area contributed by atoms with Crippen LogP contribution in [0.3, 0.4) is 0 Å². The highest BCUT2D eigenvalue weighted by Crippen LogP contribution is 2.36. The van der Waals surface area contributed by atoms with E-state index in [0.29, 0.717) is 24.1 Å². The summed E-state index contributed by atoms with van der Waals surface area (Å²) in [6, 6.07) is 9.56. The lowest BCUT2D eigenvalue weighted by Crippen LogP contribution is -2.49. The van der Waals surface area contributed by atoms with Gasteiger partial charge in [-0.05, 0) is 74.9 Å². The highest BCUT2D eigenvalue weighted by atomic mass is 79.9. The van der Waals surface area contributed by atoms with E-state index in [1.165, 1.54) is 0 Å². The number of nitrogens with zero attached hydrogens (tertiary/aromatic N) is 2. The molecule has 2 aliphatic rings. The van der Waals surface area contributed by atoms with E-state index >= 15 is 0 Å². The van der Waals surface area contributed by atoms with Gasteiger partial charge in [-0.1, -0.05) is 6.07 Å². The molecule has 3 heterocycles. The lowest BCUT2D eigenvalue weighted by Gasteiger charge is -2.43. The molecule has 1 N–H and O–H groups in total. The van der Waals surface area contributed by atoms with Crippen LogP contribution in [0, 0.1) is 12.8 Å². The molecular formula is C21H24Br2N2O3. The van der Waals surface area contributed by atoms with E-state index in [0.717, 1.165) is 46.3 Å². The fourth-order valence-corrected chi connectivity index (χ4v) is 6.14. The van der Waals surface area contributed by atoms with E-state index in [1.807, 2.05) is 29.7 Å². The van der Waals surface area contributed by atoms with Crippen LogP contribution in [0.1, 0.15) is 23.6 Å². The Kier molecular flexibility index (Phi) is 5.97. The summed E-state index contributed by atoms with van der Waals surface area (Å²) >= 11 is 7.05. The van der Waals surface area contributed by atoms with E-state index < -0.39 is 6.10 Å². The number of benzene rings is 1. The van der Waals surface area contributed by atoms with E-state index in [9.17, 15) is 9.90 Å². The minimum absolute atomic E-state index is 0.100. The second-order valence-corrected chi connectivity index (χ2v) is 9.65. The summed E-state index contributed by atoms with van der Waals surface area (Å²) in [6.45, 7) is 5.39. The molecule has 0 radical (unpaired) electrons. The van der Waals surface area contributed by atoms with Crippen molar-refractivity contribution >= 4 is 31.9 Å². The minimum atomic E-state index is -0.572. The van der Waals surface area contributed by atoms with Gasteiger partial charge in [0.2, 0.25) is 0 Å². The van der Waals surface area contributed by atoms with Crippen molar-refractivity contribution in [1.29, 1.82) is 0 Å². The van der Waals surface area contributed by atoms with Crippen molar-refractivity contribution in [3.8, 4) is 5.75 Å². The molecule has 0 amide bonds. The first-order chi connectivity index (χ1) is 13.4. The number of aliphatic hydroxyl groups excluding tert-OH is 1. The molecule has 1 fully saturated rings. The number of aryl methyl sites for hydroxylation is 1. The van der Waals surface area contributed by atoms with Gasteiger partial charge in [0, 0.05) is 43.9 Å². The van der Waals surface area contributed by atoms with Gasteiger partial charge in [-0.25, -0.2) is 0 Å². The van der Waals surface area contributed by atoms with Crippen LogP contribution in [0.4, 0.5) is 0 Å². The van der Waals surface area contributed by atoms with Crippen molar-refractivity contribution < 1.29 is 9.84 Å². The van der Waals surface area contributed by atoms with Gasteiger partial charge in [-0.2, -0.15) is 0 Å². The molecular weight excluding hydrogens is 488 g/mol. The zero-order chi connectivity index (χ0) is 19.8. The van der Waals surface area contributed by atoms with Crippen LogP contribution in [0.2, 0.25) is 0 Å². The summed E-state index contributed by atoms with van der Waals surface area (Å²) in [5, 5.41) is 10.5. The number of ether oxygens (including phenoxy) is 1. The topological polar surface area (TPSA) is 54.7 Å². The largest absolute Gasteiger partial charge is 0.488 e. The Morgan fingerprint density at radius 3 is 2.71 bits per heavy atom. The molecule has 4 rings (SSSR count). The number of hydrogen-bond acceptors (Lipinski definition) is 4. The molecule has 1 aromatic heterocycles. The Hall–Kier alpha value is -1.15. The van der Waals surface area contributed by atoms with Crippen molar-refractivity contribution in [3.63, 3.8) is 0 Å². The quantitative estimate of drug-likeness (QED) is 0.667. The molecule has 3 atom stereocenters. The zero-order valence-electron chi connectivity index (χ0n) is 15.8. The third kappa shape index (κ3) is 4.22. The van der Waals surface area contributed by atoms with E-state index in [2.05, 4.69) is 42.8 Å². The molecule has 1 aromatic carbocycles. The third-order valence-corrected chi connectivity index (χ3v) is 6.77. The first-order valence-corrected chi connectivity index (χ1v) is 11.2. The molecule has 1 unspecified atom stereocenters. The Labute approximate surface area is 181 Å². The van der Waals surface area contributed by atoms with Crippen molar-refractivity contribution in [1.82, 2.24) is 9.47 Å². The van der Waals surface area contributed by atoms with Gasteiger partial charge in [-0.15, -0.1) is 0 Å². The number of likely N-dealkylation sites (tertiary alicyclic amines) is 1. The van der Waals surface area contributed by atoms with Crippen LogP contribution in [0.15, 0.2) is 44.1 Å². The molecule has 0 saturated carbocycles. The smallest absolute Gasteiger partial charge is 0.250 e. The van der Waals surface area contributed by atoms with Crippen LogP contribution in [-0.4, -0.2) is 46.9 Å². The van der Waals surface area contributed by atoms with Crippen LogP contribution in [0.25, 0.3) is 0 Å². The summed E-state index contributed by atoms with van der Waals surface area (Å²) in [5.41, 5.74) is 2.36. The highest BCUT2D eigenvalue weighted by Gasteiger charge is 2.34. The number of pyridine rings is 1. The van der Waals surface area contributed by atoms with Crippen molar-refractivity contribution in [2.45, 2.75) is 31.9 Å². The van der Waals surface area contributed by atoms with E-state index in [4.69, 9.17) is 4.74 Å². The van der Waals surface area contributed by atoms with Crippen LogP contribution >= 0.6 is 31.9 Å². The van der Waals surface area contributed by atoms with E-state index in [-0.39, 0.29) is 12.2 Å². The monoisotopic (exact) mass is 510 g/mol. The minimum Gasteiger partial charge on any atom is -0.488 e. The van der Waals surface area contributed by atoms with Gasteiger partial charge in [0.15, 0.2) is 0 Å². The molecule has 28 heavy (non-hydrogen) atoms. The van der Waals surface area contributed by atoms with Gasteiger partial charge in [0.25, 0.3) is 5.56 Å². The Morgan fingerprint density at radius 2 is 1.96 bits per heavy atom. The van der Waals surface area contributed by atoms with Crippen LogP contribution < -0.4 is 10.3 Å². The number of halogens is 2. The maximum atomic E-state index is 12.1. The lowest BCUT2D eigenvalue weighted by atomic mass is 9.83. The van der Waals surface area contributed by atoms with Crippen molar-refractivity contribution in [2.24, 2.45) is 5.92 Å². The first-order valence-electron chi connectivity index (χ1n) is 9.59. The second-order valence-electron chi connectivity index (χ2n) is 7.94. The van der Waals surface area contributed by atoms with Crippen LogP contribution in [-0.2, 0) is 6.54 Å². The molecule has 0 spiro atoms. The fourth-order valence-electron chi connectivity index (χ4n) is 4.50. The fraction of sp³-hybridized carbons (Fsp3) is 0.476. The Morgan fingerprint density at radius 1 is 1.21 bits per heavy atom. The summed E-state index contributed by atoms with van der Waals surface area (Å²) in [6.07, 6.45) is 0.549. The van der Waals surface area contributed by atoms with Gasteiger partial charge < -0.3 is 14.4 Å². The maximum absolute atomic E-state index is 12.1. The standard InChI is InChI=1S/C21H24Br2N2O3/c1-13-5-17(22)21(18(23)6-13)28-12-16(26)11-24-8-14-7-15(10-24)19-3-2-4-20(27)25(19)9-14/h2-6,14-16,26H,7-12H2,1H3/t14-,15+,16?/m0/s1. The number of fused-ring (bicyclic) bond motifs is 4. The highest BCUT2D eigenvalue weighted by molar-refractivity contribution is 9.11. The zero-order valence-corrected chi connectivity index (χ0v) is 18.9. The summed E-state index contributed by atoms with van der Waals surface area (Å²) in [5.74, 6) is 1.53. The molecule has 150 valence electrons. The molecule has 5 nitrogen and oxygen atoms in total. The predicted octanol–water partition coefficient (Wildman–Crippen LogP) is 3.54. The maximum Gasteiger partial charge on any atom is 0.250 e. The molecule has 2 bridgehead atoms. The molecule has 0 aliphatic carbocycles. The van der Waals surface area contributed by atoms with E-state index in [1.54, 1.807) is 6.07 Å². The number of aliphatic hydroxyl groups is 1. The first kappa shape index (κ1) is 20.1. The lowest BCUT2D eigenvalue weighted by molar-refractivity contribution is 0.0381. The predicted molar refractivity (Wildman–Crippen MR) is 116 cm³/mol. The van der Waals surface area contributed by atoms with Crippen molar-refractivity contribution in [2.75, 3.05) is 26.2 Å². The summed E-state index contributed by atoms with van der Waals surface area (Å²) in [4.78, 5) is 14.4. The van der Waals surface area contributed by atoms with Crippen molar-refractivity contribution in [3.05, 3.63) is 60.9 Å². The molecule has 7 heteroatoms. The Bertz CT molecular complexity index is 907. The number of piperidine rings is 1. The van der Waals surface area contributed by atoms with Gasteiger partial charge in [0.1, 0.15) is 18.5 Å². The molecule has 2 aromatic rings. The number of hydrogen-bond donors (Lipinski definition) is 1. The number of β-amino-alcohol motifs (C(OH)–C–C–N with tert-alkyl or cyclic N) is 1. The summed E-state index contributed by atoms with van der Waals surface area (Å²) < 4.78 is 9.56.